The molecule has 0 radical (unpaired) electrons. The van der Waals surface area contributed by atoms with Crippen molar-refractivity contribution in [3.63, 3.8) is 0 Å². The molecule has 9 nitrogen and oxygen atoms in total. The fourth-order valence-electron chi connectivity index (χ4n) is 9.34. The van der Waals surface area contributed by atoms with Crippen LogP contribution in [0.15, 0.2) is 24.3 Å². The van der Waals surface area contributed by atoms with E-state index in [9.17, 15) is 19.0 Å². The van der Waals surface area contributed by atoms with Crippen molar-refractivity contribution in [1.82, 2.24) is 0 Å². The normalized spacial score (nSPS) is 13.3. The van der Waals surface area contributed by atoms with Gasteiger partial charge in [0.25, 0.3) is 0 Å². The predicted octanol–water partition coefficient (Wildman–Crippen LogP) is 19.8. The van der Waals surface area contributed by atoms with E-state index in [-0.39, 0.29) is 25.6 Å². The Kier molecular flexibility index (Phi) is 54.1. The number of phosphoric ester groups is 1. The van der Waals surface area contributed by atoms with Crippen LogP contribution in [0.4, 0.5) is 0 Å². The molecular weight excluding hydrogens is 930 g/mol. The third-order valence-electron chi connectivity index (χ3n) is 14.2. The van der Waals surface area contributed by atoms with Gasteiger partial charge in [-0.2, -0.15) is 0 Å². The van der Waals surface area contributed by atoms with E-state index in [1.807, 2.05) is 21.1 Å². The topological polar surface area (TPSA) is 108 Å². The summed E-state index contributed by atoms with van der Waals surface area (Å²) in [5, 5.41) is 0. The van der Waals surface area contributed by atoms with Crippen LogP contribution in [0.3, 0.4) is 0 Å². The SMILES string of the molecule is CCCCCC/C=C\C/C=C\CCCCCCCC(=O)OC(COC(=O)CCCCCCCCCCCCCCCCCCCCCCCCCCCCCCCCCCC)COP(=O)(O)OCC[N+](C)(C)C. The van der Waals surface area contributed by atoms with E-state index in [0.717, 1.165) is 57.8 Å². The molecule has 0 saturated carbocycles. The number of carbonyl (C=O) groups excluding carboxylic acids is 2. The molecule has 2 atom stereocenters. The minimum Gasteiger partial charge on any atom is -0.462 e. The van der Waals surface area contributed by atoms with Crippen LogP contribution in [0, 0.1) is 0 Å². The van der Waals surface area contributed by atoms with Gasteiger partial charge in [-0.3, -0.25) is 18.6 Å². The van der Waals surface area contributed by atoms with Gasteiger partial charge in [-0.25, -0.2) is 4.57 Å². The van der Waals surface area contributed by atoms with Crippen LogP contribution in [0.1, 0.15) is 316 Å². The number of carbonyl (C=O) groups is 2. The molecular formula is C63H123NO8P+. The number of hydrogen-bond donors (Lipinski definition) is 1. The van der Waals surface area contributed by atoms with Gasteiger partial charge in [0, 0.05) is 12.8 Å². The molecule has 0 amide bonds. The predicted molar refractivity (Wildman–Crippen MR) is 312 cm³/mol. The van der Waals surface area contributed by atoms with Crippen molar-refractivity contribution in [3.8, 4) is 0 Å². The Morgan fingerprint density at radius 3 is 1.10 bits per heavy atom. The lowest BCUT2D eigenvalue weighted by Gasteiger charge is -2.24. The highest BCUT2D eigenvalue weighted by molar-refractivity contribution is 7.47. The molecule has 0 bridgehead atoms. The van der Waals surface area contributed by atoms with E-state index in [1.54, 1.807) is 0 Å². The van der Waals surface area contributed by atoms with E-state index in [0.29, 0.717) is 23.9 Å². The minimum atomic E-state index is -4.39. The third kappa shape index (κ3) is 59.6. The number of ether oxygens (including phenoxy) is 2. The Hall–Kier alpha value is -1.51. The first-order valence-electron chi connectivity index (χ1n) is 31.6. The Bertz CT molecular complexity index is 1280. The number of allylic oxidation sites excluding steroid dienone is 4. The summed E-state index contributed by atoms with van der Waals surface area (Å²) in [6.07, 6.45) is 67.1. The van der Waals surface area contributed by atoms with Crippen LogP contribution >= 0.6 is 7.82 Å². The number of quaternary nitrogens is 1. The van der Waals surface area contributed by atoms with Gasteiger partial charge in [0.1, 0.15) is 19.8 Å². The Balaban J connectivity index is 3.96. The molecule has 73 heavy (non-hydrogen) atoms. The number of hydrogen-bond acceptors (Lipinski definition) is 7. The Morgan fingerprint density at radius 2 is 0.740 bits per heavy atom. The van der Waals surface area contributed by atoms with Gasteiger partial charge in [-0.1, -0.05) is 282 Å². The lowest BCUT2D eigenvalue weighted by Crippen LogP contribution is -2.37. The number of unbranched alkanes of at least 4 members (excludes halogenated alkanes) is 41. The number of rotatable bonds is 59. The summed E-state index contributed by atoms with van der Waals surface area (Å²) in [7, 11) is 1.48. The van der Waals surface area contributed by atoms with Crippen molar-refractivity contribution in [2.75, 3.05) is 47.5 Å². The fraction of sp³-hybridized carbons (Fsp3) is 0.905. The largest absolute Gasteiger partial charge is 0.472 e. The summed E-state index contributed by atoms with van der Waals surface area (Å²) in [6.45, 7) is 4.45. The van der Waals surface area contributed by atoms with Crippen LogP contribution < -0.4 is 0 Å². The zero-order valence-electron chi connectivity index (χ0n) is 49.1. The maximum atomic E-state index is 12.8. The molecule has 0 heterocycles. The second kappa shape index (κ2) is 55.3. The van der Waals surface area contributed by atoms with E-state index in [1.165, 1.54) is 225 Å². The van der Waals surface area contributed by atoms with E-state index in [4.69, 9.17) is 18.5 Å². The smallest absolute Gasteiger partial charge is 0.462 e. The third-order valence-corrected chi connectivity index (χ3v) is 15.2. The molecule has 0 saturated heterocycles. The molecule has 2 unspecified atom stereocenters. The van der Waals surface area contributed by atoms with Crippen LogP contribution in [0.5, 0.6) is 0 Å². The summed E-state index contributed by atoms with van der Waals surface area (Å²) < 4.78 is 34.6. The van der Waals surface area contributed by atoms with E-state index < -0.39 is 26.5 Å². The van der Waals surface area contributed by atoms with E-state index in [2.05, 4.69) is 38.2 Å². The van der Waals surface area contributed by atoms with Crippen LogP contribution in [0.25, 0.3) is 0 Å². The highest BCUT2D eigenvalue weighted by atomic mass is 31.2. The number of nitrogens with zero attached hydrogens (tertiary/aromatic N) is 1. The van der Waals surface area contributed by atoms with Crippen molar-refractivity contribution in [3.05, 3.63) is 24.3 Å². The van der Waals surface area contributed by atoms with Gasteiger partial charge >= 0.3 is 19.8 Å². The molecule has 0 aliphatic carbocycles. The van der Waals surface area contributed by atoms with Gasteiger partial charge in [0.15, 0.2) is 6.10 Å². The molecule has 0 aromatic heterocycles. The van der Waals surface area contributed by atoms with Gasteiger partial charge in [0.05, 0.1) is 27.7 Å². The summed E-state index contributed by atoms with van der Waals surface area (Å²) in [6, 6.07) is 0. The second-order valence-corrected chi connectivity index (χ2v) is 24.3. The molecule has 0 rings (SSSR count). The van der Waals surface area contributed by atoms with Crippen molar-refractivity contribution in [1.29, 1.82) is 0 Å². The summed E-state index contributed by atoms with van der Waals surface area (Å²) in [4.78, 5) is 35.7. The van der Waals surface area contributed by atoms with Crippen LogP contribution in [-0.4, -0.2) is 74.9 Å². The standard InChI is InChI=1S/C63H122NO8P/c1-6-8-10-12-14-16-18-20-22-24-25-26-27-28-29-30-31-32-33-34-35-36-37-38-39-40-42-43-45-47-49-51-53-55-62(65)69-59-61(60-71-73(67,68)70-58-57-64(3,4)5)72-63(66)56-54-52-50-48-46-44-41-23-21-19-17-15-13-11-9-7-2/h17,19,23,41,61H,6-16,18,20-22,24-40,42-60H2,1-5H3/p+1/b19-17-,41-23-. The number of phosphoric acid groups is 1. The van der Waals surface area contributed by atoms with Crippen molar-refractivity contribution in [2.24, 2.45) is 0 Å². The van der Waals surface area contributed by atoms with Crippen molar-refractivity contribution in [2.45, 2.75) is 322 Å². The maximum Gasteiger partial charge on any atom is 0.472 e. The Morgan fingerprint density at radius 1 is 0.425 bits per heavy atom. The van der Waals surface area contributed by atoms with Gasteiger partial charge in [0.2, 0.25) is 0 Å². The van der Waals surface area contributed by atoms with Gasteiger partial charge in [-0.05, 0) is 44.9 Å². The second-order valence-electron chi connectivity index (χ2n) is 22.8. The Labute approximate surface area is 453 Å². The number of likely N-dealkylation sites (N-methyl/N-ethyl adjacent to an activating group) is 1. The first-order chi connectivity index (χ1) is 35.5. The minimum absolute atomic E-state index is 0.0311. The molecule has 0 aliphatic rings. The maximum absolute atomic E-state index is 12.8. The first-order valence-corrected chi connectivity index (χ1v) is 33.1. The summed E-state index contributed by atoms with van der Waals surface area (Å²) in [5.74, 6) is -0.798. The molecule has 0 aliphatic heterocycles. The molecule has 1 N–H and O–H groups in total. The van der Waals surface area contributed by atoms with E-state index >= 15 is 0 Å². The van der Waals surface area contributed by atoms with Gasteiger partial charge < -0.3 is 18.9 Å². The summed E-state index contributed by atoms with van der Waals surface area (Å²) >= 11 is 0. The number of esters is 2. The molecule has 432 valence electrons. The van der Waals surface area contributed by atoms with Crippen molar-refractivity contribution < 1.29 is 42.1 Å². The monoisotopic (exact) mass is 1050 g/mol. The van der Waals surface area contributed by atoms with Gasteiger partial charge in [-0.15, -0.1) is 0 Å². The quantitative estimate of drug-likeness (QED) is 0.0211. The summed E-state index contributed by atoms with van der Waals surface area (Å²) in [5.41, 5.74) is 0. The van der Waals surface area contributed by atoms with Crippen LogP contribution in [0.2, 0.25) is 0 Å². The van der Waals surface area contributed by atoms with Crippen LogP contribution in [-0.2, 0) is 32.7 Å². The lowest BCUT2D eigenvalue weighted by molar-refractivity contribution is -0.870. The molecule has 10 heteroatoms. The highest BCUT2D eigenvalue weighted by Crippen LogP contribution is 2.43. The average Bonchev–Trinajstić information content (AvgIpc) is 3.35. The zero-order chi connectivity index (χ0) is 53.5. The molecule has 0 spiro atoms. The highest BCUT2D eigenvalue weighted by Gasteiger charge is 2.27. The zero-order valence-corrected chi connectivity index (χ0v) is 50.0. The van der Waals surface area contributed by atoms with Crippen molar-refractivity contribution >= 4 is 19.8 Å². The molecule has 0 aromatic rings. The molecule has 0 aromatic carbocycles. The average molecular weight is 1050 g/mol. The molecule has 0 fully saturated rings. The lowest BCUT2D eigenvalue weighted by atomic mass is 10.0. The fourth-order valence-corrected chi connectivity index (χ4v) is 10.1. The first kappa shape index (κ1) is 71.5.